The summed E-state index contributed by atoms with van der Waals surface area (Å²) in [5, 5.41) is 21.3. The molecule has 0 aliphatic carbocycles. The van der Waals surface area contributed by atoms with Gasteiger partial charge in [-0.05, 0) is 43.5 Å². The molecule has 0 aromatic heterocycles. The summed E-state index contributed by atoms with van der Waals surface area (Å²) in [4.78, 5) is 11.5. The minimum absolute atomic E-state index is 0.0143. The Kier molecular flexibility index (Phi) is 6.00. The first kappa shape index (κ1) is 14.3. The predicted molar refractivity (Wildman–Crippen MR) is 69.4 cm³/mol. The lowest BCUT2D eigenvalue weighted by molar-refractivity contribution is -0.121. The van der Waals surface area contributed by atoms with Crippen molar-refractivity contribution in [2.45, 2.75) is 25.7 Å². The van der Waals surface area contributed by atoms with Crippen LogP contribution >= 0.6 is 0 Å². The second kappa shape index (κ2) is 7.55. The average molecular weight is 252 g/mol. The highest BCUT2D eigenvalue weighted by Gasteiger charge is 2.04. The standard InChI is InChI=1S/C13H20N2O3/c14-7-1-2-8-15-13(18)6-4-10-3-5-11(16)12(17)9-10/h3,5,9,16-17H,1-2,4,6-8,14H2,(H,15,18). The number of phenolic OH excluding ortho intramolecular Hbond substituents is 2. The van der Waals surface area contributed by atoms with Crippen LogP contribution in [0.5, 0.6) is 11.5 Å². The van der Waals surface area contributed by atoms with Gasteiger partial charge in [-0.25, -0.2) is 0 Å². The molecule has 1 rings (SSSR count). The molecule has 0 saturated heterocycles. The van der Waals surface area contributed by atoms with E-state index in [-0.39, 0.29) is 17.4 Å². The van der Waals surface area contributed by atoms with Crippen molar-refractivity contribution in [3.8, 4) is 11.5 Å². The van der Waals surface area contributed by atoms with Gasteiger partial charge in [-0.1, -0.05) is 6.07 Å². The largest absolute Gasteiger partial charge is 0.504 e. The number of unbranched alkanes of at least 4 members (excludes halogenated alkanes) is 1. The Morgan fingerprint density at radius 3 is 2.67 bits per heavy atom. The highest BCUT2D eigenvalue weighted by Crippen LogP contribution is 2.25. The molecule has 0 unspecified atom stereocenters. The van der Waals surface area contributed by atoms with Crippen LogP contribution < -0.4 is 11.1 Å². The fourth-order valence-corrected chi connectivity index (χ4v) is 1.57. The van der Waals surface area contributed by atoms with Gasteiger partial charge in [0.15, 0.2) is 11.5 Å². The number of phenols is 2. The summed E-state index contributed by atoms with van der Waals surface area (Å²) in [6.07, 6.45) is 2.71. The van der Waals surface area contributed by atoms with Gasteiger partial charge < -0.3 is 21.3 Å². The SMILES string of the molecule is NCCCCNC(=O)CCc1ccc(O)c(O)c1. The summed E-state index contributed by atoms with van der Waals surface area (Å²) in [5.41, 5.74) is 6.17. The van der Waals surface area contributed by atoms with Gasteiger partial charge in [0.05, 0.1) is 0 Å². The average Bonchev–Trinajstić information content (AvgIpc) is 2.36. The molecule has 18 heavy (non-hydrogen) atoms. The number of hydrogen-bond acceptors (Lipinski definition) is 4. The van der Waals surface area contributed by atoms with E-state index in [0.29, 0.717) is 25.9 Å². The number of hydrogen-bond donors (Lipinski definition) is 4. The predicted octanol–water partition coefficient (Wildman–Crippen LogP) is 0.885. The van der Waals surface area contributed by atoms with Gasteiger partial charge >= 0.3 is 0 Å². The summed E-state index contributed by atoms with van der Waals surface area (Å²) in [6, 6.07) is 4.58. The molecule has 0 heterocycles. The first-order chi connectivity index (χ1) is 8.63. The first-order valence-corrected chi connectivity index (χ1v) is 6.11. The summed E-state index contributed by atoms with van der Waals surface area (Å²) in [7, 11) is 0. The minimum Gasteiger partial charge on any atom is -0.504 e. The number of benzene rings is 1. The Morgan fingerprint density at radius 2 is 2.00 bits per heavy atom. The zero-order valence-electron chi connectivity index (χ0n) is 10.4. The number of nitrogens with one attached hydrogen (secondary N) is 1. The lowest BCUT2D eigenvalue weighted by Gasteiger charge is -2.05. The van der Waals surface area contributed by atoms with Crippen molar-refractivity contribution in [3.63, 3.8) is 0 Å². The van der Waals surface area contributed by atoms with E-state index in [1.54, 1.807) is 6.07 Å². The maximum atomic E-state index is 11.5. The Morgan fingerprint density at radius 1 is 1.22 bits per heavy atom. The van der Waals surface area contributed by atoms with Crippen LogP contribution in [-0.2, 0) is 11.2 Å². The molecule has 1 amide bonds. The van der Waals surface area contributed by atoms with E-state index in [2.05, 4.69) is 5.32 Å². The van der Waals surface area contributed by atoms with Crippen molar-refractivity contribution in [1.29, 1.82) is 0 Å². The van der Waals surface area contributed by atoms with Crippen molar-refractivity contribution in [3.05, 3.63) is 23.8 Å². The maximum absolute atomic E-state index is 11.5. The molecule has 0 spiro atoms. The van der Waals surface area contributed by atoms with E-state index in [0.717, 1.165) is 18.4 Å². The molecular formula is C13H20N2O3. The highest BCUT2D eigenvalue weighted by atomic mass is 16.3. The fraction of sp³-hybridized carbons (Fsp3) is 0.462. The number of carbonyl (C=O) groups is 1. The maximum Gasteiger partial charge on any atom is 0.220 e. The minimum atomic E-state index is -0.157. The van der Waals surface area contributed by atoms with Crippen molar-refractivity contribution in [2.75, 3.05) is 13.1 Å². The number of aromatic hydroxyl groups is 2. The van der Waals surface area contributed by atoms with Crippen LogP contribution in [0.4, 0.5) is 0 Å². The molecule has 0 atom stereocenters. The van der Waals surface area contributed by atoms with Crippen molar-refractivity contribution < 1.29 is 15.0 Å². The van der Waals surface area contributed by atoms with Crippen LogP contribution in [0.2, 0.25) is 0 Å². The third-order valence-corrected chi connectivity index (χ3v) is 2.63. The molecule has 0 aliphatic rings. The second-order valence-electron chi connectivity index (χ2n) is 4.17. The molecule has 5 heteroatoms. The van der Waals surface area contributed by atoms with Gasteiger partial charge in [0.2, 0.25) is 5.91 Å². The smallest absolute Gasteiger partial charge is 0.220 e. The third kappa shape index (κ3) is 5.05. The van der Waals surface area contributed by atoms with Crippen LogP contribution in [0.25, 0.3) is 0 Å². The molecule has 1 aromatic carbocycles. The third-order valence-electron chi connectivity index (χ3n) is 2.63. The summed E-state index contributed by atoms with van der Waals surface area (Å²) < 4.78 is 0. The number of aryl methyl sites for hydroxylation is 1. The molecule has 0 aliphatic heterocycles. The van der Waals surface area contributed by atoms with Gasteiger partial charge in [-0.15, -0.1) is 0 Å². The molecule has 0 bridgehead atoms. The first-order valence-electron chi connectivity index (χ1n) is 6.11. The molecule has 0 radical (unpaired) electrons. The van der Waals surface area contributed by atoms with E-state index >= 15 is 0 Å². The molecule has 5 N–H and O–H groups in total. The molecule has 0 fully saturated rings. The van der Waals surface area contributed by atoms with Crippen LogP contribution in [0.15, 0.2) is 18.2 Å². The van der Waals surface area contributed by atoms with E-state index < -0.39 is 0 Å². The number of carbonyl (C=O) groups excluding carboxylic acids is 1. The Hall–Kier alpha value is -1.75. The van der Waals surface area contributed by atoms with Crippen LogP contribution in [0, 0.1) is 0 Å². The van der Waals surface area contributed by atoms with Crippen LogP contribution in [-0.4, -0.2) is 29.2 Å². The molecule has 100 valence electrons. The Bertz CT molecular complexity index is 394. The summed E-state index contributed by atoms with van der Waals surface area (Å²) in [5.74, 6) is -0.319. The zero-order valence-corrected chi connectivity index (χ0v) is 10.4. The lowest BCUT2D eigenvalue weighted by atomic mass is 10.1. The molecule has 1 aromatic rings. The number of nitrogens with two attached hydrogens (primary N) is 1. The summed E-state index contributed by atoms with van der Waals surface area (Å²) in [6.45, 7) is 1.29. The van der Waals surface area contributed by atoms with Crippen molar-refractivity contribution >= 4 is 5.91 Å². The van der Waals surface area contributed by atoms with Gasteiger partial charge in [-0.3, -0.25) is 4.79 Å². The summed E-state index contributed by atoms with van der Waals surface area (Å²) >= 11 is 0. The van der Waals surface area contributed by atoms with Crippen LogP contribution in [0.1, 0.15) is 24.8 Å². The Balaban J connectivity index is 2.27. The second-order valence-corrected chi connectivity index (χ2v) is 4.17. The van der Waals surface area contributed by atoms with E-state index in [1.165, 1.54) is 12.1 Å². The van der Waals surface area contributed by atoms with Gasteiger partial charge in [0.1, 0.15) is 0 Å². The Labute approximate surface area is 107 Å². The van der Waals surface area contributed by atoms with Crippen LogP contribution in [0.3, 0.4) is 0 Å². The van der Waals surface area contributed by atoms with E-state index in [4.69, 9.17) is 10.8 Å². The fourth-order valence-electron chi connectivity index (χ4n) is 1.57. The van der Waals surface area contributed by atoms with E-state index in [9.17, 15) is 9.90 Å². The molecular weight excluding hydrogens is 232 g/mol. The molecule has 5 nitrogen and oxygen atoms in total. The normalized spacial score (nSPS) is 10.3. The number of amides is 1. The zero-order chi connectivity index (χ0) is 13.4. The topological polar surface area (TPSA) is 95.6 Å². The van der Waals surface area contributed by atoms with Crippen molar-refractivity contribution in [1.82, 2.24) is 5.32 Å². The van der Waals surface area contributed by atoms with E-state index in [1.807, 2.05) is 0 Å². The monoisotopic (exact) mass is 252 g/mol. The highest BCUT2D eigenvalue weighted by molar-refractivity contribution is 5.76. The van der Waals surface area contributed by atoms with Gasteiger partial charge in [-0.2, -0.15) is 0 Å². The van der Waals surface area contributed by atoms with Gasteiger partial charge in [0, 0.05) is 13.0 Å². The lowest BCUT2D eigenvalue weighted by Crippen LogP contribution is -2.25. The molecule has 0 saturated carbocycles. The van der Waals surface area contributed by atoms with Crippen molar-refractivity contribution in [2.24, 2.45) is 5.73 Å². The number of rotatable bonds is 7. The van der Waals surface area contributed by atoms with Gasteiger partial charge in [0.25, 0.3) is 0 Å². The quantitative estimate of drug-likeness (QED) is 0.428.